The van der Waals surface area contributed by atoms with Crippen LogP contribution >= 0.6 is 22.6 Å². The van der Waals surface area contributed by atoms with Crippen LogP contribution in [0.1, 0.15) is 20.3 Å². The Kier molecular flexibility index (Phi) is 6.65. The van der Waals surface area contributed by atoms with E-state index in [-0.39, 0.29) is 0 Å². The standard InChI is InChI=1S/C13H21IN2O/c1-10(2)5-7-17-8-6-16-13-4-3-11(15)9-12(13)14/h3-4,9-10,16H,5-8,15H2,1-2H3. The highest BCUT2D eigenvalue weighted by molar-refractivity contribution is 14.1. The zero-order valence-electron chi connectivity index (χ0n) is 10.5. The van der Waals surface area contributed by atoms with Crippen molar-refractivity contribution < 1.29 is 4.74 Å². The zero-order chi connectivity index (χ0) is 12.7. The third kappa shape index (κ3) is 6.12. The molecular formula is C13H21IN2O. The lowest BCUT2D eigenvalue weighted by molar-refractivity contribution is 0.132. The first-order valence-electron chi connectivity index (χ1n) is 5.96. The molecule has 0 saturated heterocycles. The van der Waals surface area contributed by atoms with Crippen LogP contribution in [0.25, 0.3) is 0 Å². The molecule has 0 bridgehead atoms. The second-order valence-electron chi connectivity index (χ2n) is 4.46. The van der Waals surface area contributed by atoms with E-state index in [2.05, 4.69) is 41.8 Å². The maximum atomic E-state index is 5.69. The molecule has 96 valence electrons. The van der Waals surface area contributed by atoms with Gasteiger partial charge in [0.15, 0.2) is 0 Å². The molecule has 0 aliphatic heterocycles. The Labute approximate surface area is 117 Å². The van der Waals surface area contributed by atoms with Crippen LogP contribution in [0.4, 0.5) is 11.4 Å². The van der Waals surface area contributed by atoms with Crippen LogP contribution in [0.3, 0.4) is 0 Å². The lowest BCUT2D eigenvalue weighted by Crippen LogP contribution is -2.11. The molecule has 0 saturated carbocycles. The van der Waals surface area contributed by atoms with Crippen molar-refractivity contribution in [1.29, 1.82) is 0 Å². The second-order valence-corrected chi connectivity index (χ2v) is 5.62. The molecule has 17 heavy (non-hydrogen) atoms. The SMILES string of the molecule is CC(C)CCOCCNc1ccc(N)cc1I. The first kappa shape index (κ1) is 14.6. The summed E-state index contributed by atoms with van der Waals surface area (Å²) in [5.41, 5.74) is 7.61. The third-order valence-electron chi connectivity index (χ3n) is 2.39. The van der Waals surface area contributed by atoms with E-state index in [1.807, 2.05) is 18.2 Å². The van der Waals surface area contributed by atoms with E-state index in [9.17, 15) is 0 Å². The average Bonchev–Trinajstić information content (AvgIpc) is 2.25. The number of hydrogen-bond donors (Lipinski definition) is 2. The number of anilines is 2. The molecule has 0 heterocycles. The number of nitrogens with one attached hydrogen (secondary N) is 1. The zero-order valence-corrected chi connectivity index (χ0v) is 12.7. The number of benzene rings is 1. The van der Waals surface area contributed by atoms with E-state index in [1.54, 1.807) is 0 Å². The number of nitrogens with two attached hydrogens (primary N) is 1. The van der Waals surface area contributed by atoms with Gasteiger partial charge in [0, 0.05) is 28.1 Å². The highest BCUT2D eigenvalue weighted by Crippen LogP contribution is 2.20. The second kappa shape index (κ2) is 7.76. The van der Waals surface area contributed by atoms with Gasteiger partial charge in [-0.15, -0.1) is 0 Å². The molecule has 0 atom stereocenters. The summed E-state index contributed by atoms with van der Waals surface area (Å²) >= 11 is 2.28. The number of nitrogen functional groups attached to an aromatic ring is 1. The van der Waals surface area contributed by atoms with Crippen molar-refractivity contribution >= 4 is 34.0 Å². The molecule has 0 fully saturated rings. The van der Waals surface area contributed by atoms with Gasteiger partial charge in [-0.25, -0.2) is 0 Å². The molecule has 0 amide bonds. The van der Waals surface area contributed by atoms with Gasteiger partial charge in [-0.1, -0.05) is 13.8 Å². The van der Waals surface area contributed by atoms with E-state index >= 15 is 0 Å². The monoisotopic (exact) mass is 348 g/mol. The van der Waals surface area contributed by atoms with Crippen LogP contribution in [0.15, 0.2) is 18.2 Å². The van der Waals surface area contributed by atoms with Crippen molar-refractivity contribution in [2.75, 3.05) is 30.8 Å². The Morgan fingerprint density at radius 3 is 2.76 bits per heavy atom. The fraction of sp³-hybridized carbons (Fsp3) is 0.538. The third-order valence-corrected chi connectivity index (χ3v) is 3.29. The van der Waals surface area contributed by atoms with Gasteiger partial charge in [0.25, 0.3) is 0 Å². The first-order chi connectivity index (χ1) is 8.09. The Morgan fingerprint density at radius 2 is 2.12 bits per heavy atom. The Bertz CT molecular complexity index is 342. The van der Waals surface area contributed by atoms with Crippen molar-refractivity contribution in [3.63, 3.8) is 0 Å². The number of ether oxygens (including phenoxy) is 1. The van der Waals surface area contributed by atoms with Gasteiger partial charge in [-0.05, 0) is 53.1 Å². The van der Waals surface area contributed by atoms with Crippen molar-refractivity contribution in [1.82, 2.24) is 0 Å². The summed E-state index contributed by atoms with van der Waals surface area (Å²) in [4.78, 5) is 0. The van der Waals surface area contributed by atoms with Gasteiger partial charge in [-0.2, -0.15) is 0 Å². The van der Waals surface area contributed by atoms with Crippen LogP contribution in [0.5, 0.6) is 0 Å². The molecule has 0 spiro atoms. The summed E-state index contributed by atoms with van der Waals surface area (Å²) in [5.74, 6) is 0.709. The summed E-state index contributed by atoms with van der Waals surface area (Å²) in [6.07, 6.45) is 1.12. The maximum Gasteiger partial charge on any atom is 0.0639 e. The average molecular weight is 348 g/mol. The quantitative estimate of drug-likeness (QED) is 0.451. The van der Waals surface area contributed by atoms with Gasteiger partial charge < -0.3 is 15.8 Å². The van der Waals surface area contributed by atoms with Gasteiger partial charge in [-0.3, -0.25) is 0 Å². The molecule has 1 aromatic rings. The molecule has 1 aromatic carbocycles. The van der Waals surface area contributed by atoms with E-state index in [0.29, 0.717) is 5.92 Å². The Morgan fingerprint density at radius 1 is 1.35 bits per heavy atom. The topological polar surface area (TPSA) is 47.3 Å². The number of hydrogen-bond acceptors (Lipinski definition) is 3. The molecule has 0 aliphatic rings. The molecule has 0 unspecified atom stereocenters. The molecule has 4 heteroatoms. The minimum absolute atomic E-state index is 0.709. The van der Waals surface area contributed by atoms with Gasteiger partial charge >= 0.3 is 0 Å². The van der Waals surface area contributed by atoms with E-state index < -0.39 is 0 Å². The normalized spacial score (nSPS) is 10.8. The highest BCUT2D eigenvalue weighted by Gasteiger charge is 1.99. The summed E-state index contributed by atoms with van der Waals surface area (Å²) < 4.78 is 6.68. The molecule has 1 rings (SSSR count). The molecule has 3 nitrogen and oxygen atoms in total. The number of rotatable bonds is 7. The Hall–Kier alpha value is -0.490. The molecule has 3 N–H and O–H groups in total. The largest absolute Gasteiger partial charge is 0.399 e. The smallest absolute Gasteiger partial charge is 0.0639 e. The van der Waals surface area contributed by atoms with Gasteiger partial charge in [0.05, 0.1) is 6.61 Å². The van der Waals surface area contributed by atoms with Crippen LogP contribution in [0, 0.1) is 9.49 Å². The minimum atomic E-state index is 0.709. The predicted octanol–water partition coefficient (Wildman–Crippen LogP) is 3.35. The van der Waals surface area contributed by atoms with Gasteiger partial charge in [0.1, 0.15) is 0 Å². The van der Waals surface area contributed by atoms with Crippen molar-refractivity contribution in [2.45, 2.75) is 20.3 Å². The summed E-state index contributed by atoms with van der Waals surface area (Å²) in [7, 11) is 0. The van der Waals surface area contributed by atoms with Crippen LogP contribution in [-0.4, -0.2) is 19.8 Å². The summed E-state index contributed by atoms with van der Waals surface area (Å²) in [6.45, 7) is 6.83. The minimum Gasteiger partial charge on any atom is -0.399 e. The highest BCUT2D eigenvalue weighted by atomic mass is 127. The van der Waals surface area contributed by atoms with Crippen molar-refractivity contribution in [3.8, 4) is 0 Å². The number of halogens is 1. The van der Waals surface area contributed by atoms with E-state index in [1.165, 1.54) is 0 Å². The van der Waals surface area contributed by atoms with Crippen molar-refractivity contribution in [2.24, 2.45) is 5.92 Å². The van der Waals surface area contributed by atoms with Crippen LogP contribution in [0.2, 0.25) is 0 Å². The molecular weight excluding hydrogens is 327 g/mol. The van der Waals surface area contributed by atoms with Crippen molar-refractivity contribution in [3.05, 3.63) is 21.8 Å². The summed E-state index contributed by atoms with van der Waals surface area (Å²) in [6, 6.07) is 5.87. The summed E-state index contributed by atoms with van der Waals surface area (Å²) in [5, 5.41) is 3.34. The van der Waals surface area contributed by atoms with Gasteiger partial charge in [0.2, 0.25) is 0 Å². The van der Waals surface area contributed by atoms with E-state index in [4.69, 9.17) is 10.5 Å². The fourth-order valence-electron chi connectivity index (χ4n) is 1.35. The lowest BCUT2D eigenvalue weighted by Gasteiger charge is -2.10. The van der Waals surface area contributed by atoms with E-state index in [0.717, 1.165) is 41.1 Å². The predicted molar refractivity (Wildman–Crippen MR) is 82.3 cm³/mol. The maximum absolute atomic E-state index is 5.69. The molecule has 0 aromatic heterocycles. The molecule has 0 radical (unpaired) electrons. The Balaban J connectivity index is 2.18. The molecule has 0 aliphatic carbocycles. The van der Waals surface area contributed by atoms with Crippen LogP contribution < -0.4 is 11.1 Å². The fourth-order valence-corrected chi connectivity index (χ4v) is 2.08. The first-order valence-corrected chi connectivity index (χ1v) is 7.04. The lowest BCUT2D eigenvalue weighted by atomic mass is 10.1. The van der Waals surface area contributed by atoms with Crippen LogP contribution in [-0.2, 0) is 4.74 Å².